The van der Waals surface area contributed by atoms with E-state index < -0.39 is 17.6 Å². The van der Waals surface area contributed by atoms with Crippen molar-refractivity contribution >= 4 is 21.8 Å². The van der Waals surface area contributed by atoms with E-state index in [9.17, 15) is 13.2 Å². The van der Waals surface area contributed by atoms with Crippen LogP contribution in [0.25, 0.3) is 0 Å². The van der Waals surface area contributed by atoms with Gasteiger partial charge in [-0.25, -0.2) is 0 Å². The van der Waals surface area contributed by atoms with Gasteiger partial charge in [-0.1, -0.05) is 12.1 Å². The summed E-state index contributed by atoms with van der Waals surface area (Å²) in [5, 5.41) is 7.06. The van der Waals surface area contributed by atoms with Crippen LogP contribution in [0.15, 0.2) is 22.7 Å². The second kappa shape index (κ2) is 3.61. The summed E-state index contributed by atoms with van der Waals surface area (Å²) in [4.78, 5) is 0. The first-order chi connectivity index (χ1) is 6.34. The molecule has 0 radical (unpaired) electrons. The second-order valence-electron chi connectivity index (χ2n) is 2.58. The molecule has 0 spiro atoms. The Morgan fingerprint density at radius 1 is 1.36 bits per heavy atom. The third-order valence-electron chi connectivity index (χ3n) is 1.59. The first kappa shape index (κ1) is 11.0. The van der Waals surface area contributed by atoms with Gasteiger partial charge in [0.25, 0.3) is 0 Å². The van der Waals surface area contributed by atoms with Crippen molar-refractivity contribution in [2.45, 2.75) is 6.18 Å². The molecular formula is C8H6BrF3N2. The predicted molar refractivity (Wildman–Crippen MR) is 50.2 cm³/mol. The molecule has 0 fully saturated rings. The van der Waals surface area contributed by atoms with E-state index in [1.165, 1.54) is 12.1 Å². The third kappa shape index (κ3) is 2.06. The molecule has 0 aromatic heterocycles. The summed E-state index contributed by atoms with van der Waals surface area (Å²) in [6, 6.07) is 3.49. The molecule has 0 bridgehead atoms. The lowest BCUT2D eigenvalue weighted by atomic mass is 10.1. The van der Waals surface area contributed by atoms with Crippen molar-refractivity contribution in [3.05, 3.63) is 33.8 Å². The first-order valence-corrected chi connectivity index (χ1v) is 4.33. The molecule has 2 nitrogen and oxygen atoms in total. The number of rotatable bonds is 1. The first-order valence-electron chi connectivity index (χ1n) is 3.54. The van der Waals surface area contributed by atoms with E-state index in [1.54, 1.807) is 0 Å². The Kier molecular flexibility index (Phi) is 2.84. The van der Waals surface area contributed by atoms with Gasteiger partial charge in [0.05, 0.1) is 5.56 Å². The van der Waals surface area contributed by atoms with Gasteiger partial charge in [-0.3, -0.25) is 5.41 Å². The van der Waals surface area contributed by atoms with Crippen LogP contribution in [0.2, 0.25) is 0 Å². The van der Waals surface area contributed by atoms with Crippen molar-refractivity contribution in [3.8, 4) is 0 Å². The van der Waals surface area contributed by atoms with Gasteiger partial charge in [-0.15, -0.1) is 0 Å². The number of benzene rings is 1. The number of hydrogen-bond acceptors (Lipinski definition) is 1. The van der Waals surface area contributed by atoms with Crippen LogP contribution in [0, 0.1) is 5.41 Å². The van der Waals surface area contributed by atoms with Crippen molar-refractivity contribution in [3.63, 3.8) is 0 Å². The maximum absolute atomic E-state index is 12.4. The minimum atomic E-state index is -4.44. The second-order valence-corrected chi connectivity index (χ2v) is 3.37. The zero-order chi connectivity index (χ0) is 10.9. The highest BCUT2D eigenvalue weighted by Gasteiger charge is 2.33. The van der Waals surface area contributed by atoms with E-state index >= 15 is 0 Å². The van der Waals surface area contributed by atoms with Gasteiger partial charge in [0.2, 0.25) is 0 Å². The third-order valence-corrected chi connectivity index (χ3v) is 2.45. The van der Waals surface area contributed by atoms with Gasteiger partial charge in [0, 0.05) is 10.0 Å². The molecule has 1 rings (SSSR count). The molecule has 0 atom stereocenters. The zero-order valence-electron chi connectivity index (χ0n) is 6.82. The van der Waals surface area contributed by atoms with Gasteiger partial charge in [0.1, 0.15) is 5.84 Å². The van der Waals surface area contributed by atoms with Crippen molar-refractivity contribution < 1.29 is 13.2 Å². The van der Waals surface area contributed by atoms with E-state index in [0.717, 1.165) is 6.07 Å². The number of nitrogens with one attached hydrogen (secondary N) is 1. The average molecular weight is 267 g/mol. The van der Waals surface area contributed by atoms with Crippen LogP contribution in [0.3, 0.4) is 0 Å². The molecule has 0 saturated carbocycles. The molecule has 6 heteroatoms. The summed E-state index contributed by atoms with van der Waals surface area (Å²) in [5.41, 5.74) is 4.33. The Balaban J connectivity index is 3.35. The van der Waals surface area contributed by atoms with Crippen LogP contribution >= 0.6 is 15.9 Å². The summed E-state index contributed by atoms with van der Waals surface area (Å²) < 4.78 is 36.9. The Hall–Kier alpha value is -1.04. The topological polar surface area (TPSA) is 49.9 Å². The van der Waals surface area contributed by atoms with E-state index in [4.69, 9.17) is 11.1 Å². The van der Waals surface area contributed by atoms with Crippen LogP contribution in [0.5, 0.6) is 0 Å². The lowest BCUT2D eigenvalue weighted by molar-refractivity contribution is -0.138. The SMILES string of the molecule is N=C(N)c1cccc(C(F)(F)F)c1Br. The van der Waals surface area contributed by atoms with Crippen molar-refractivity contribution in [1.29, 1.82) is 5.41 Å². The van der Waals surface area contributed by atoms with Crippen LogP contribution in [-0.2, 0) is 6.18 Å². The van der Waals surface area contributed by atoms with Crippen molar-refractivity contribution in [2.75, 3.05) is 0 Å². The minimum absolute atomic E-state index is 0.0415. The molecule has 76 valence electrons. The maximum atomic E-state index is 12.4. The van der Waals surface area contributed by atoms with Gasteiger partial charge >= 0.3 is 6.18 Å². The van der Waals surface area contributed by atoms with Crippen molar-refractivity contribution in [2.24, 2.45) is 5.73 Å². The van der Waals surface area contributed by atoms with E-state index in [0.29, 0.717) is 0 Å². The number of nitrogen functional groups attached to an aromatic ring is 1. The highest BCUT2D eigenvalue weighted by atomic mass is 79.9. The smallest absolute Gasteiger partial charge is 0.384 e. The fourth-order valence-electron chi connectivity index (χ4n) is 0.959. The summed E-state index contributed by atoms with van der Waals surface area (Å²) in [6.45, 7) is 0. The Morgan fingerprint density at radius 2 is 1.93 bits per heavy atom. The molecule has 14 heavy (non-hydrogen) atoms. The highest BCUT2D eigenvalue weighted by molar-refractivity contribution is 9.10. The number of nitrogens with two attached hydrogens (primary N) is 1. The Labute approximate surface area is 86.6 Å². The molecule has 0 heterocycles. The van der Waals surface area contributed by atoms with Crippen LogP contribution in [0.4, 0.5) is 13.2 Å². The normalized spacial score (nSPS) is 11.4. The molecule has 0 saturated heterocycles. The monoisotopic (exact) mass is 266 g/mol. The number of alkyl halides is 3. The number of hydrogen-bond donors (Lipinski definition) is 2. The Bertz CT molecular complexity index is 373. The Morgan fingerprint density at radius 3 is 2.36 bits per heavy atom. The molecule has 3 N–H and O–H groups in total. The zero-order valence-corrected chi connectivity index (χ0v) is 8.41. The van der Waals surface area contributed by atoms with Crippen LogP contribution in [-0.4, -0.2) is 5.84 Å². The number of amidine groups is 1. The van der Waals surface area contributed by atoms with Gasteiger partial charge in [-0.05, 0) is 22.0 Å². The average Bonchev–Trinajstić information content (AvgIpc) is 2.01. The van der Waals surface area contributed by atoms with E-state index in [-0.39, 0.29) is 10.0 Å². The molecule has 0 unspecified atom stereocenters. The molecule has 0 aliphatic heterocycles. The fraction of sp³-hybridized carbons (Fsp3) is 0.125. The molecular weight excluding hydrogens is 261 g/mol. The van der Waals surface area contributed by atoms with Crippen LogP contribution in [0.1, 0.15) is 11.1 Å². The summed E-state index contributed by atoms with van der Waals surface area (Å²) in [6.07, 6.45) is -4.44. The lowest BCUT2D eigenvalue weighted by Gasteiger charge is -2.11. The molecule has 0 aliphatic carbocycles. The summed E-state index contributed by atoms with van der Waals surface area (Å²) in [7, 11) is 0. The van der Waals surface area contributed by atoms with E-state index in [2.05, 4.69) is 15.9 Å². The number of halogens is 4. The largest absolute Gasteiger partial charge is 0.417 e. The highest BCUT2D eigenvalue weighted by Crippen LogP contribution is 2.36. The predicted octanol–water partition coefficient (Wildman–Crippen LogP) is 2.75. The van der Waals surface area contributed by atoms with Gasteiger partial charge in [-0.2, -0.15) is 13.2 Å². The lowest BCUT2D eigenvalue weighted by Crippen LogP contribution is -2.15. The standard InChI is InChI=1S/C8H6BrF3N2/c9-6-4(7(13)14)2-1-3-5(6)8(10,11)12/h1-3H,(H3,13,14). The maximum Gasteiger partial charge on any atom is 0.417 e. The quantitative estimate of drug-likeness (QED) is 0.596. The molecule has 0 amide bonds. The molecule has 1 aromatic carbocycles. The van der Waals surface area contributed by atoms with Crippen LogP contribution < -0.4 is 5.73 Å². The van der Waals surface area contributed by atoms with Crippen molar-refractivity contribution in [1.82, 2.24) is 0 Å². The summed E-state index contributed by atoms with van der Waals surface area (Å²) >= 11 is 2.78. The minimum Gasteiger partial charge on any atom is -0.384 e. The molecule has 0 aliphatic rings. The fourth-order valence-corrected chi connectivity index (χ4v) is 1.66. The summed E-state index contributed by atoms with van der Waals surface area (Å²) in [5.74, 6) is -0.400. The van der Waals surface area contributed by atoms with E-state index in [1.807, 2.05) is 0 Å². The van der Waals surface area contributed by atoms with Gasteiger partial charge in [0.15, 0.2) is 0 Å². The molecule has 1 aromatic rings. The van der Waals surface area contributed by atoms with Gasteiger partial charge < -0.3 is 5.73 Å².